The Bertz CT molecular complexity index is 1110. The maximum Gasteiger partial charge on any atom is 0.429 e. The van der Waals surface area contributed by atoms with Gasteiger partial charge in [0.2, 0.25) is 11.5 Å². The Morgan fingerprint density at radius 2 is 1.81 bits per heavy atom. The number of rotatable bonds is 1. The first-order chi connectivity index (χ1) is 14.5. The molecule has 1 atom stereocenters. The summed E-state index contributed by atoms with van der Waals surface area (Å²) in [6.07, 6.45) is -8.09. The lowest BCUT2D eigenvalue weighted by atomic mass is 9.87. The highest BCUT2D eigenvalue weighted by Gasteiger charge is 2.58. The second-order valence-electron chi connectivity index (χ2n) is 7.23. The van der Waals surface area contributed by atoms with Gasteiger partial charge in [-0.1, -0.05) is 29.5 Å². The molecule has 1 unspecified atom stereocenters. The minimum Gasteiger partial charge on any atom is -0.326 e. The van der Waals surface area contributed by atoms with Crippen LogP contribution in [0.2, 0.25) is 5.02 Å². The second kappa shape index (κ2) is 7.38. The smallest absolute Gasteiger partial charge is 0.326 e. The van der Waals surface area contributed by atoms with E-state index in [0.717, 1.165) is 24.3 Å². The zero-order valence-electron chi connectivity index (χ0n) is 15.6. The normalized spacial score (nSPS) is 20.7. The number of guanidine groups is 1. The molecule has 1 heterocycles. The Kier molecular flexibility index (Phi) is 5.09. The number of benzene rings is 2. The fourth-order valence-corrected chi connectivity index (χ4v) is 3.27. The number of nitrogens with one attached hydrogen (secondary N) is 2. The summed E-state index contributed by atoms with van der Waals surface area (Å²) in [6, 6.07) is 7.97. The number of anilines is 2. The van der Waals surface area contributed by atoms with Gasteiger partial charge in [-0.05, 0) is 49.2 Å². The number of hydrogen-bond acceptors (Lipinski definition) is 3. The van der Waals surface area contributed by atoms with E-state index in [0.29, 0.717) is 12.8 Å². The molecule has 2 aromatic carbocycles. The van der Waals surface area contributed by atoms with Crippen molar-refractivity contribution < 1.29 is 26.3 Å². The van der Waals surface area contributed by atoms with Crippen molar-refractivity contribution in [2.45, 2.75) is 30.7 Å². The highest BCUT2D eigenvalue weighted by molar-refractivity contribution is 6.30. The predicted octanol–water partition coefficient (Wildman–Crippen LogP) is 6.42. The van der Waals surface area contributed by atoms with Crippen LogP contribution in [0, 0.1) is 17.8 Å². The molecule has 162 valence electrons. The van der Waals surface area contributed by atoms with Crippen molar-refractivity contribution in [2.75, 3.05) is 10.6 Å². The lowest BCUT2D eigenvalue weighted by molar-refractivity contribution is -0.170. The van der Waals surface area contributed by atoms with Crippen LogP contribution >= 0.6 is 11.6 Å². The quantitative estimate of drug-likeness (QED) is 0.383. The van der Waals surface area contributed by atoms with E-state index in [4.69, 9.17) is 11.6 Å². The van der Waals surface area contributed by atoms with Gasteiger partial charge >= 0.3 is 12.4 Å². The third kappa shape index (κ3) is 4.30. The molecule has 1 fully saturated rings. The minimum atomic E-state index is -4.91. The molecule has 2 aromatic rings. The van der Waals surface area contributed by atoms with Crippen LogP contribution in [0.1, 0.15) is 24.0 Å². The van der Waals surface area contributed by atoms with Crippen LogP contribution in [0.15, 0.2) is 47.5 Å². The average Bonchev–Trinajstić information content (AvgIpc) is 3.50. The van der Waals surface area contributed by atoms with Gasteiger partial charge in [-0.3, -0.25) is 0 Å². The van der Waals surface area contributed by atoms with Gasteiger partial charge in [-0.2, -0.15) is 26.3 Å². The monoisotopic (exact) mass is 457 g/mol. The third-order valence-electron chi connectivity index (χ3n) is 4.80. The number of aliphatic imine (C=N–C) groups is 1. The lowest BCUT2D eigenvalue weighted by Gasteiger charge is -2.34. The van der Waals surface area contributed by atoms with E-state index >= 15 is 0 Å². The molecule has 2 N–H and O–H groups in total. The van der Waals surface area contributed by atoms with Crippen molar-refractivity contribution in [1.82, 2.24) is 0 Å². The molecule has 0 saturated heterocycles. The maximum absolute atomic E-state index is 14.4. The van der Waals surface area contributed by atoms with E-state index in [1.54, 1.807) is 0 Å². The molecule has 3 nitrogen and oxygen atoms in total. The molecule has 1 aliphatic carbocycles. The summed E-state index contributed by atoms with van der Waals surface area (Å²) in [6.45, 7) is 0. The Balaban J connectivity index is 1.81. The highest BCUT2D eigenvalue weighted by atomic mass is 35.5. The summed E-state index contributed by atoms with van der Waals surface area (Å²) >= 11 is 5.94. The van der Waals surface area contributed by atoms with Crippen LogP contribution in [-0.2, 0) is 11.7 Å². The first-order valence-electron chi connectivity index (χ1n) is 9.18. The van der Waals surface area contributed by atoms with Crippen LogP contribution in [0.4, 0.5) is 37.7 Å². The van der Waals surface area contributed by atoms with Gasteiger partial charge in [0.1, 0.15) is 0 Å². The molecule has 0 radical (unpaired) electrons. The fourth-order valence-electron chi connectivity index (χ4n) is 3.09. The topological polar surface area (TPSA) is 36.4 Å². The summed E-state index contributed by atoms with van der Waals surface area (Å²) in [5.74, 6) is 4.40. The molecule has 31 heavy (non-hydrogen) atoms. The van der Waals surface area contributed by atoms with E-state index in [-0.39, 0.29) is 33.8 Å². The first kappa shape index (κ1) is 21.4. The maximum atomic E-state index is 14.4. The van der Waals surface area contributed by atoms with Gasteiger partial charge in [-0.15, -0.1) is 0 Å². The Morgan fingerprint density at radius 3 is 2.45 bits per heavy atom. The van der Waals surface area contributed by atoms with Crippen molar-refractivity contribution >= 4 is 28.9 Å². The van der Waals surface area contributed by atoms with Crippen LogP contribution < -0.4 is 10.6 Å². The molecule has 0 amide bonds. The fraction of sp³-hybridized carbons (Fsp3) is 0.286. The van der Waals surface area contributed by atoms with Crippen LogP contribution in [0.25, 0.3) is 0 Å². The second-order valence-corrected chi connectivity index (χ2v) is 7.67. The summed E-state index contributed by atoms with van der Waals surface area (Å²) < 4.78 is 82.0. The summed E-state index contributed by atoms with van der Waals surface area (Å²) in [4.78, 5) is 3.81. The van der Waals surface area contributed by atoms with E-state index < -0.39 is 23.5 Å². The van der Waals surface area contributed by atoms with Crippen molar-refractivity contribution in [1.29, 1.82) is 0 Å². The molecule has 0 spiro atoms. The highest BCUT2D eigenvalue weighted by Crippen LogP contribution is 2.48. The number of hydrogen-bond donors (Lipinski definition) is 2. The van der Waals surface area contributed by atoms with Crippen LogP contribution in [0.5, 0.6) is 0 Å². The zero-order chi connectivity index (χ0) is 22.4. The molecular weight excluding hydrogens is 444 g/mol. The summed E-state index contributed by atoms with van der Waals surface area (Å²) in [5.41, 5.74) is -4.15. The van der Waals surface area contributed by atoms with Gasteiger partial charge < -0.3 is 10.6 Å². The van der Waals surface area contributed by atoms with Crippen molar-refractivity contribution in [3.8, 4) is 11.8 Å². The standard InChI is InChI=1S/C21H14ClF6N3/c22-14-6-7-17-16(11-14)19(21(26,27)28,9-8-12-4-5-12)31-18(30-17)29-15-3-1-2-13(10-15)20(23,24)25/h1-3,6-7,10-12H,4-5H2,(H2,29,30,31). The molecule has 10 heteroatoms. The molecule has 1 saturated carbocycles. The largest absolute Gasteiger partial charge is 0.429 e. The minimum absolute atomic E-state index is 0.0521. The van der Waals surface area contributed by atoms with Gasteiger partial charge in [0, 0.05) is 27.9 Å². The van der Waals surface area contributed by atoms with E-state index in [2.05, 4.69) is 27.5 Å². The Hall–Kier alpha value is -2.86. The number of nitrogens with zero attached hydrogens (tertiary/aromatic N) is 1. The number of fused-ring (bicyclic) bond motifs is 1. The zero-order valence-corrected chi connectivity index (χ0v) is 16.4. The average molecular weight is 458 g/mol. The van der Waals surface area contributed by atoms with Gasteiger partial charge in [0.15, 0.2) is 0 Å². The summed E-state index contributed by atoms with van der Waals surface area (Å²) in [5, 5.41) is 5.29. The third-order valence-corrected chi connectivity index (χ3v) is 5.04. The Morgan fingerprint density at radius 1 is 1.06 bits per heavy atom. The van der Waals surface area contributed by atoms with Gasteiger partial charge in [0.25, 0.3) is 0 Å². The number of halogens is 7. The van der Waals surface area contributed by atoms with E-state index in [9.17, 15) is 26.3 Å². The van der Waals surface area contributed by atoms with Gasteiger partial charge in [0.05, 0.1) is 5.56 Å². The Labute approximate surface area is 178 Å². The van der Waals surface area contributed by atoms with E-state index in [1.807, 2.05) is 0 Å². The van der Waals surface area contributed by atoms with E-state index in [1.165, 1.54) is 18.2 Å². The lowest BCUT2D eigenvalue weighted by Crippen LogP contribution is -2.45. The molecule has 4 rings (SSSR count). The first-order valence-corrected chi connectivity index (χ1v) is 9.56. The van der Waals surface area contributed by atoms with Crippen molar-refractivity contribution in [3.63, 3.8) is 0 Å². The van der Waals surface area contributed by atoms with Crippen molar-refractivity contribution in [3.05, 3.63) is 58.6 Å². The van der Waals surface area contributed by atoms with Crippen LogP contribution in [-0.4, -0.2) is 12.1 Å². The number of alkyl halides is 6. The SMILES string of the molecule is FC(F)(F)c1cccc(NC2=NC(C#CC3CC3)(C(F)(F)F)c3cc(Cl)ccc3N2)c1. The molecule has 0 aromatic heterocycles. The molecule has 0 bridgehead atoms. The summed E-state index contributed by atoms with van der Waals surface area (Å²) in [7, 11) is 0. The molecule has 1 aliphatic heterocycles. The molecule has 2 aliphatic rings. The predicted molar refractivity (Wildman–Crippen MR) is 106 cm³/mol. The molecular formula is C21H14ClF6N3. The van der Waals surface area contributed by atoms with Crippen molar-refractivity contribution in [2.24, 2.45) is 10.9 Å². The van der Waals surface area contributed by atoms with Gasteiger partial charge in [-0.25, -0.2) is 4.99 Å². The van der Waals surface area contributed by atoms with Crippen LogP contribution in [0.3, 0.4) is 0 Å².